The molecule has 0 aromatic heterocycles. The van der Waals surface area contributed by atoms with Crippen molar-refractivity contribution in [2.24, 2.45) is 0 Å². The van der Waals surface area contributed by atoms with Crippen LogP contribution in [0.5, 0.6) is 0 Å². The maximum absolute atomic E-state index is 13.9. The summed E-state index contributed by atoms with van der Waals surface area (Å²) in [6.45, 7) is 0.269. The Morgan fingerprint density at radius 3 is 2.47 bits per heavy atom. The molecule has 2 rings (SSSR count). The van der Waals surface area contributed by atoms with Gasteiger partial charge in [-0.3, -0.25) is 0 Å². The van der Waals surface area contributed by atoms with Crippen molar-refractivity contribution in [3.63, 3.8) is 0 Å². The first-order valence-electron chi connectivity index (χ1n) is 6.14. The van der Waals surface area contributed by atoms with Crippen LogP contribution in [0.3, 0.4) is 0 Å². The molecule has 0 radical (unpaired) electrons. The second-order valence-electron chi connectivity index (χ2n) is 4.62. The van der Waals surface area contributed by atoms with Crippen molar-refractivity contribution in [3.05, 3.63) is 29.3 Å². The highest BCUT2D eigenvalue weighted by Gasteiger charge is 2.27. The molecule has 1 saturated heterocycles. The molecule has 1 aromatic rings. The fourth-order valence-corrected chi connectivity index (χ4v) is 2.45. The number of halogens is 2. The highest BCUT2D eigenvalue weighted by molar-refractivity contribution is 5.88. The Morgan fingerprint density at radius 2 is 1.95 bits per heavy atom. The van der Waals surface area contributed by atoms with Crippen molar-refractivity contribution in [2.75, 3.05) is 18.1 Å². The molecular formula is C13H15F2NO3. The monoisotopic (exact) mass is 271 g/mol. The van der Waals surface area contributed by atoms with Gasteiger partial charge in [-0.25, -0.2) is 13.6 Å². The van der Waals surface area contributed by atoms with Gasteiger partial charge in [0.25, 0.3) is 0 Å². The quantitative estimate of drug-likeness (QED) is 0.883. The summed E-state index contributed by atoms with van der Waals surface area (Å²) in [5.74, 6) is -3.18. The zero-order valence-corrected chi connectivity index (χ0v) is 10.3. The Labute approximate surface area is 109 Å². The van der Waals surface area contributed by atoms with Gasteiger partial charge in [-0.05, 0) is 31.4 Å². The summed E-state index contributed by atoms with van der Waals surface area (Å²) in [5.41, 5.74) is -0.667. The fraction of sp³-hybridized carbons (Fsp3) is 0.462. The van der Waals surface area contributed by atoms with Crippen LogP contribution >= 0.6 is 0 Å². The number of piperidine rings is 1. The van der Waals surface area contributed by atoms with Crippen LogP contribution in [0.4, 0.5) is 14.5 Å². The molecule has 0 amide bonds. The number of hydrogen-bond acceptors (Lipinski definition) is 3. The van der Waals surface area contributed by atoms with Gasteiger partial charge in [0.15, 0.2) is 0 Å². The predicted molar refractivity (Wildman–Crippen MR) is 65.4 cm³/mol. The average Bonchev–Trinajstić information content (AvgIpc) is 2.38. The summed E-state index contributed by atoms with van der Waals surface area (Å²) in [6.07, 6.45) is 2.35. The normalized spacial score (nSPS) is 19.5. The maximum atomic E-state index is 13.9. The Morgan fingerprint density at radius 1 is 1.32 bits per heavy atom. The van der Waals surface area contributed by atoms with Gasteiger partial charge >= 0.3 is 5.97 Å². The van der Waals surface area contributed by atoms with E-state index in [1.165, 1.54) is 4.90 Å². The Kier molecular flexibility index (Phi) is 3.99. The lowest BCUT2D eigenvalue weighted by molar-refractivity contribution is 0.0695. The lowest BCUT2D eigenvalue weighted by atomic mass is 10.0. The number of carboxylic acid groups (broad SMARTS) is 1. The van der Waals surface area contributed by atoms with Crippen LogP contribution in [0.1, 0.15) is 29.6 Å². The van der Waals surface area contributed by atoms with E-state index in [2.05, 4.69) is 0 Å². The molecule has 0 saturated carbocycles. The van der Waals surface area contributed by atoms with Gasteiger partial charge < -0.3 is 15.1 Å². The molecule has 0 aliphatic carbocycles. The first kappa shape index (κ1) is 13.7. The van der Waals surface area contributed by atoms with E-state index in [0.29, 0.717) is 13.0 Å². The standard InChI is InChI=1S/C13H15F2NO3/c14-10-5-8(13(18)19)6-11(15)12(10)16-4-2-1-3-9(16)7-17/h5-6,9,17H,1-4,7H2,(H,18,19). The van der Waals surface area contributed by atoms with Crippen molar-refractivity contribution in [1.29, 1.82) is 0 Å². The molecule has 1 heterocycles. The summed E-state index contributed by atoms with van der Waals surface area (Å²) in [4.78, 5) is 12.2. The van der Waals surface area contributed by atoms with Gasteiger partial charge in [-0.15, -0.1) is 0 Å². The van der Waals surface area contributed by atoms with Crippen LogP contribution in [-0.4, -0.2) is 35.4 Å². The molecule has 104 valence electrons. The van der Waals surface area contributed by atoms with E-state index in [1.807, 2.05) is 0 Å². The van der Waals surface area contributed by atoms with E-state index in [1.54, 1.807) is 0 Å². The number of hydrogen-bond donors (Lipinski definition) is 2. The highest BCUT2D eigenvalue weighted by atomic mass is 19.1. The molecule has 0 bridgehead atoms. The smallest absolute Gasteiger partial charge is 0.335 e. The number of rotatable bonds is 3. The Balaban J connectivity index is 2.41. The van der Waals surface area contributed by atoms with E-state index >= 15 is 0 Å². The molecule has 4 nitrogen and oxygen atoms in total. The minimum atomic E-state index is -1.37. The van der Waals surface area contributed by atoms with E-state index in [4.69, 9.17) is 5.11 Å². The van der Waals surface area contributed by atoms with E-state index in [0.717, 1.165) is 25.0 Å². The molecule has 2 N–H and O–H groups in total. The van der Waals surface area contributed by atoms with Crippen molar-refractivity contribution < 1.29 is 23.8 Å². The van der Waals surface area contributed by atoms with Gasteiger partial charge in [-0.1, -0.05) is 0 Å². The summed E-state index contributed by atoms with van der Waals surface area (Å²) in [7, 11) is 0. The van der Waals surface area contributed by atoms with E-state index in [9.17, 15) is 18.7 Å². The zero-order chi connectivity index (χ0) is 14.0. The maximum Gasteiger partial charge on any atom is 0.335 e. The van der Waals surface area contributed by atoms with Crippen LogP contribution in [-0.2, 0) is 0 Å². The number of aliphatic hydroxyl groups excluding tert-OH is 1. The third kappa shape index (κ3) is 2.68. The third-order valence-corrected chi connectivity index (χ3v) is 3.39. The van der Waals surface area contributed by atoms with Crippen molar-refractivity contribution in [2.45, 2.75) is 25.3 Å². The lowest BCUT2D eigenvalue weighted by Crippen LogP contribution is -2.43. The van der Waals surface area contributed by atoms with Gasteiger partial charge in [0, 0.05) is 6.54 Å². The molecule has 1 aliphatic rings. The number of aromatic carboxylic acids is 1. The van der Waals surface area contributed by atoms with Crippen molar-refractivity contribution in [1.82, 2.24) is 0 Å². The van der Waals surface area contributed by atoms with Crippen LogP contribution in [0.2, 0.25) is 0 Å². The molecule has 19 heavy (non-hydrogen) atoms. The molecule has 1 unspecified atom stereocenters. The molecule has 6 heteroatoms. The largest absolute Gasteiger partial charge is 0.478 e. The van der Waals surface area contributed by atoms with Crippen LogP contribution < -0.4 is 4.90 Å². The van der Waals surface area contributed by atoms with Crippen LogP contribution in [0, 0.1) is 11.6 Å². The molecule has 1 fully saturated rings. The number of anilines is 1. The second-order valence-corrected chi connectivity index (χ2v) is 4.62. The summed E-state index contributed by atoms with van der Waals surface area (Å²) in [5, 5.41) is 18.0. The third-order valence-electron chi connectivity index (χ3n) is 3.39. The molecular weight excluding hydrogens is 256 g/mol. The van der Waals surface area contributed by atoms with E-state index < -0.39 is 23.2 Å². The summed E-state index contributed by atoms with van der Waals surface area (Å²) >= 11 is 0. The first-order chi connectivity index (χ1) is 9.04. The van der Waals surface area contributed by atoms with Crippen molar-refractivity contribution >= 4 is 11.7 Å². The fourth-order valence-electron chi connectivity index (χ4n) is 2.45. The number of carboxylic acids is 1. The number of benzene rings is 1. The van der Waals surface area contributed by atoms with Gasteiger partial charge in [0.2, 0.25) is 0 Å². The zero-order valence-electron chi connectivity index (χ0n) is 10.3. The first-order valence-corrected chi connectivity index (χ1v) is 6.14. The minimum Gasteiger partial charge on any atom is -0.478 e. The number of nitrogens with zero attached hydrogens (tertiary/aromatic N) is 1. The average molecular weight is 271 g/mol. The molecule has 1 atom stereocenters. The Hall–Kier alpha value is -1.69. The van der Waals surface area contributed by atoms with Gasteiger partial charge in [0.1, 0.15) is 17.3 Å². The SMILES string of the molecule is O=C(O)c1cc(F)c(N2CCCCC2CO)c(F)c1. The minimum absolute atomic E-state index is 0.181. The Bertz CT molecular complexity index is 470. The second kappa shape index (κ2) is 5.52. The number of aliphatic hydroxyl groups is 1. The molecule has 0 spiro atoms. The summed E-state index contributed by atoms with van der Waals surface area (Å²) < 4.78 is 27.9. The lowest BCUT2D eigenvalue weighted by Gasteiger charge is -2.36. The molecule has 1 aromatic carbocycles. The summed E-state index contributed by atoms with van der Waals surface area (Å²) in [6, 6.07) is 1.29. The van der Waals surface area contributed by atoms with Crippen molar-refractivity contribution in [3.8, 4) is 0 Å². The van der Waals surface area contributed by atoms with Crippen LogP contribution in [0.25, 0.3) is 0 Å². The highest BCUT2D eigenvalue weighted by Crippen LogP contribution is 2.30. The van der Waals surface area contributed by atoms with E-state index in [-0.39, 0.29) is 18.3 Å². The van der Waals surface area contributed by atoms with Crippen LogP contribution in [0.15, 0.2) is 12.1 Å². The topological polar surface area (TPSA) is 60.8 Å². The predicted octanol–water partition coefficient (Wildman–Crippen LogP) is 2.01. The number of carbonyl (C=O) groups is 1. The molecule has 1 aliphatic heterocycles. The van der Waals surface area contributed by atoms with Gasteiger partial charge in [-0.2, -0.15) is 0 Å². The van der Waals surface area contributed by atoms with Gasteiger partial charge in [0.05, 0.1) is 18.2 Å².